The lowest BCUT2D eigenvalue weighted by Gasteiger charge is -2.24. The summed E-state index contributed by atoms with van der Waals surface area (Å²) in [5, 5.41) is 5.75. The molecule has 0 aromatic heterocycles. The van der Waals surface area contributed by atoms with Crippen molar-refractivity contribution in [2.75, 3.05) is 32.5 Å². The molecule has 0 aliphatic rings. The Bertz CT molecular complexity index is 545. The van der Waals surface area contributed by atoms with E-state index >= 15 is 0 Å². The Kier molecular flexibility index (Phi) is 6.76. The first-order valence-electron chi connectivity index (χ1n) is 7.97. The van der Waals surface area contributed by atoms with Gasteiger partial charge in [-0.1, -0.05) is 18.2 Å². The monoisotopic (exact) mass is 319 g/mol. The highest BCUT2D eigenvalue weighted by atomic mass is 16.2. The summed E-state index contributed by atoms with van der Waals surface area (Å²) in [6, 6.07) is 5.83. The molecule has 0 bridgehead atoms. The normalized spacial score (nSPS) is 11.4. The molecule has 5 nitrogen and oxygen atoms in total. The molecular formula is C18H29N3O2. The van der Waals surface area contributed by atoms with Gasteiger partial charge < -0.3 is 15.5 Å². The number of hydrogen-bond donors (Lipinski definition) is 2. The van der Waals surface area contributed by atoms with Crippen molar-refractivity contribution in [2.24, 2.45) is 5.41 Å². The zero-order valence-corrected chi connectivity index (χ0v) is 15.1. The van der Waals surface area contributed by atoms with Crippen LogP contribution in [-0.2, 0) is 9.59 Å². The molecule has 5 heteroatoms. The standard InChI is InChI=1S/C18H29N3O2/c1-13-9-7-10-14(2)15(13)20-17(23)18(3,4)16(22)19-11-8-12-21(5)6/h7,9-10H,8,11-12H2,1-6H3,(H,19,22)(H,20,23). The number of hydrogen-bond acceptors (Lipinski definition) is 3. The zero-order valence-electron chi connectivity index (χ0n) is 15.1. The van der Waals surface area contributed by atoms with Crippen LogP contribution in [0.2, 0.25) is 0 Å². The van der Waals surface area contributed by atoms with Crippen molar-refractivity contribution in [3.8, 4) is 0 Å². The van der Waals surface area contributed by atoms with Gasteiger partial charge in [-0.2, -0.15) is 0 Å². The summed E-state index contributed by atoms with van der Waals surface area (Å²) in [5.41, 5.74) is 1.64. The summed E-state index contributed by atoms with van der Waals surface area (Å²) in [6.07, 6.45) is 0.855. The molecule has 0 aliphatic heterocycles. The Balaban J connectivity index is 2.67. The summed E-state index contributed by atoms with van der Waals surface area (Å²) in [5.74, 6) is -0.542. The Morgan fingerprint density at radius 3 is 2.17 bits per heavy atom. The van der Waals surface area contributed by atoms with Gasteiger partial charge in [-0.3, -0.25) is 9.59 Å². The molecule has 0 fully saturated rings. The average Bonchev–Trinajstić information content (AvgIpc) is 2.46. The molecule has 0 spiro atoms. The van der Waals surface area contributed by atoms with E-state index in [0.29, 0.717) is 6.54 Å². The lowest BCUT2D eigenvalue weighted by Crippen LogP contribution is -2.45. The highest BCUT2D eigenvalue weighted by molar-refractivity contribution is 6.10. The van der Waals surface area contributed by atoms with Crippen molar-refractivity contribution in [3.05, 3.63) is 29.3 Å². The molecule has 128 valence electrons. The number of aryl methyl sites for hydroxylation is 2. The molecule has 23 heavy (non-hydrogen) atoms. The van der Waals surface area contributed by atoms with Crippen LogP contribution < -0.4 is 10.6 Å². The summed E-state index contributed by atoms with van der Waals surface area (Å²) in [7, 11) is 3.98. The molecule has 1 aromatic rings. The number of benzene rings is 1. The maximum Gasteiger partial charge on any atom is 0.239 e. The second kappa shape index (κ2) is 8.11. The maximum absolute atomic E-state index is 12.5. The van der Waals surface area contributed by atoms with E-state index in [1.807, 2.05) is 46.1 Å². The third kappa shape index (κ3) is 5.36. The van der Waals surface area contributed by atoms with E-state index in [0.717, 1.165) is 29.8 Å². The molecule has 0 radical (unpaired) electrons. The molecule has 0 aliphatic carbocycles. The van der Waals surface area contributed by atoms with Crippen LogP contribution in [0.5, 0.6) is 0 Å². The minimum atomic E-state index is -1.12. The molecule has 1 rings (SSSR count). The third-order valence-electron chi connectivity index (χ3n) is 3.92. The number of nitrogens with zero attached hydrogens (tertiary/aromatic N) is 1. The summed E-state index contributed by atoms with van der Waals surface area (Å²) in [4.78, 5) is 26.9. The fourth-order valence-electron chi connectivity index (χ4n) is 2.20. The number of rotatable bonds is 7. The van der Waals surface area contributed by atoms with Gasteiger partial charge in [0.2, 0.25) is 11.8 Å². The Hall–Kier alpha value is -1.88. The van der Waals surface area contributed by atoms with Gasteiger partial charge in [0.1, 0.15) is 5.41 Å². The smallest absolute Gasteiger partial charge is 0.239 e. The second-order valence-electron chi connectivity index (χ2n) is 6.76. The zero-order chi connectivity index (χ0) is 17.6. The maximum atomic E-state index is 12.5. The van der Waals surface area contributed by atoms with Crippen molar-refractivity contribution < 1.29 is 9.59 Å². The number of para-hydroxylation sites is 1. The van der Waals surface area contributed by atoms with Gasteiger partial charge in [0.25, 0.3) is 0 Å². The number of carbonyl (C=O) groups is 2. The van der Waals surface area contributed by atoms with Crippen LogP contribution in [0.15, 0.2) is 18.2 Å². The van der Waals surface area contributed by atoms with Gasteiger partial charge in [0, 0.05) is 12.2 Å². The number of anilines is 1. The van der Waals surface area contributed by atoms with Crippen LogP contribution in [-0.4, -0.2) is 43.9 Å². The highest BCUT2D eigenvalue weighted by Crippen LogP contribution is 2.24. The van der Waals surface area contributed by atoms with Crippen LogP contribution in [0, 0.1) is 19.3 Å². The van der Waals surface area contributed by atoms with Crippen LogP contribution in [0.3, 0.4) is 0 Å². The van der Waals surface area contributed by atoms with Crippen LogP contribution in [0.4, 0.5) is 5.69 Å². The van der Waals surface area contributed by atoms with Gasteiger partial charge in [0.05, 0.1) is 0 Å². The quantitative estimate of drug-likeness (QED) is 0.599. The number of carbonyl (C=O) groups excluding carboxylic acids is 2. The van der Waals surface area contributed by atoms with Crippen molar-refractivity contribution >= 4 is 17.5 Å². The molecule has 0 unspecified atom stereocenters. The van der Waals surface area contributed by atoms with E-state index in [-0.39, 0.29) is 11.8 Å². The van der Waals surface area contributed by atoms with Gasteiger partial charge in [-0.15, -0.1) is 0 Å². The fourth-order valence-corrected chi connectivity index (χ4v) is 2.20. The topological polar surface area (TPSA) is 61.4 Å². The summed E-state index contributed by atoms with van der Waals surface area (Å²) >= 11 is 0. The van der Waals surface area contributed by atoms with Crippen molar-refractivity contribution in [1.82, 2.24) is 10.2 Å². The number of nitrogens with one attached hydrogen (secondary N) is 2. The minimum absolute atomic E-state index is 0.250. The Morgan fingerprint density at radius 2 is 1.65 bits per heavy atom. The largest absolute Gasteiger partial charge is 0.355 e. The third-order valence-corrected chi connectivity index (χ3v) is 3.92. The van der Waals surface area contributed by atoms with Gasteiger partial charge in [-0.25, -0.2) is 0 Å². The first-order chi connectivity index (χ1) is 10.7. The summed E-state index contributed by atoms with van der Waals surface area (Å²) < 4.78 is 0. The predicted octanol–water partition coefficient (Wildman–Crippen LogP) is 2.34. The van der Waals surface area contributed by atoms with Crippen LogP contribution >= 0.6 is 0 Å². The van der Waals surface area contributed by atoms with Crippen molar-refractivity contribution in [3.63, 3.8) is 0 Å². The molecular weight excluding hydrogens is 290 g/mol. The first kappa shape index (κ1) is 19.2. The lowest BCUT2D eigenvalue weighted by molar-refractivity contribution is -0.138. The van der Waals surface area contributed by atoms with Crippen LogP contribution in [0.25, 0.3) is 0 Å². The minimum Gasteiger partial charge on any atom is -0.355 e. The average molecular weight is 319 g/mol. The SMILES string of the molecule is Cc1cccc(C)c1NC(=O)C(C)(C)C(=O)NCCCN(C)C. The molecule has 1 aromatic carbocycles. The Labute approximate surface area is 139 Å². The molecule has 2 N–H and O–H groups in total. The van der Waals surface area contributed by atoms with Crippen molar-refractivity contribution in [1.29, 1.82) is 0 Å². The van der Waals surface area contributed by atoms with Gasteiger partial charge in [0.15, 0.2) is 0 Å². The van der Waals surface area contributed by atoms with E-state index in [1.165, 1.54) is 0 Å². The van der Waals surface area contributed by atoms with E-state index in [2.05, 4.69) is 15.5 Å². The summed E-state index contributed by atoms with van der Waals surface area (Å²) in [6.45, 7) is 8.65. The first-order valence-corrected chi connectivity index (χ1v) is 7.97. The van der Waals surface area contributed by atoms with Crippen LogP contribution in [0.1, 0.15) is 31.4 Å². The predicted molar refractivity (Wildman–Crippen MR) is 94.5 cm³/mol. The second-order valence-corrected chi connectivity index (χ2v) is 6.76. The van der Waals surface area contributed by atoms with E-state index in [4.69, 9.17) is 0 Å². The van der Waals surface area contributed by atoms with Gasteiger partial charge in [-0.05, 0) is 65.9 Å². The van der Waals surface area contributed by atoms with Crippen molar-refractivity contribution in [2.45, 2.75) is 34.1 Å². The van der Waals surface area contributed by atoms with E-state index < -0.39 is 5.41 Å². The van der Waals surface area contributed by atoms with E-state index in [9.17, 15) is 9.59 Å². The highest BCUT2D eigenvalue weighted by Gasteiger charge is 2.36. The fraction of sp³-hybridized carbons (Fsp3) is 0.556. The number of amides is 2. The molecule has 0 atom stereocenters. The van der Waals surface area contributed by atoms with E-state index in [1.54, 1.807) is 13.8 Å². The molecule has 2 amide bonds. The molecule has 0 saturated carbocycles. The molecule has 0 saturated heterocycles. The van der Waals surface area contributed by atoms with Gasteiger partial charge >= 0.3 is 0 Å². The molecule has 0 heterocycles. The Morgan fingerprint density at radius 1 is 1.09 bits per heavy atom. The lowest BCUT2D eigenvalue weighted by atomic mass is 9.90.